The van der Waals surface area contributed by atoms with Crippen LogP contribution >= 0.6 is 15.9 Å². The lowest BCUT2D eigenvalue weighted by atomic mass is 10.2. The lowest BCUT2D eigenvalue weighted by Crippen LogP contribution is -2.07. The zero-order valence-electron chi connectivity index (χ0n) is 15.0. The van der Waals surface area contributed by atoms with Gasteiger partial charge in [-0.25, -0.2) is 0 Å². The highest BCUT2D eigenvalue weighted by atomic mass is 79.9. The van der Waals surface area contributed by atoms with E-state index in [1.165, 1.54) is 6.08 Å². The number of carbonyl (C=O) groups is 1. The van der Waals surface area contributed by atoms with Gasteiger partial charge in [0.15, 0.2) is 0 Å². The van der Waals surface area contributed by atoms with Gasteiger partial charge in [-0.3, -0.25) is 9.48 Å². The Hall–Kier alpha value is -2.80. The Morgan fingerprint density at radius 3 is 2.67 bits per heavy atom. The van der Waals surface area contributed by atoms with E-state index in [1.54, 1.807) is 30.1 Å². The van der Waals surface area contributed by atoms with Crippen LogP contribution in [0.2, 0.25) is 0 Å². The molecule has 0 amide bonds. The predicted octanol–water partition coefficient (Wildman–Crippen LogP) is 4.74. The van der Waals surface area contributed by atoms with Crippen molar-refractivity contribution < 1.29 is 18.7 Å². The van der Waals surface area contributed by atoms with E-state index < -0.39 is 0 Å². The summed E-state index contributed by atoms with van der Waals surface area (Å²) in [6, 6.07) is 10.9. The monoisotopic (exact) mass is 430 g/mol. The van der Waals surface area contributed by atoms with E-state index in [0.717, 1.165) is 11.5 Å². The topological polar surface area (TPSA) is 66.5 Å². The van der Waals surface area contributed by atoms with Crippen LogP contribution in [0.15, 0.2) is 57.6 Å². The van der Waals surface area contributed by atoms with Gasteiger partial charge in [0.2, 0.25) is 5.78 Å². The Balaban J connectivity index is 1.60. The Bertz CT molecular complexity index is 941. The number of rotatable bonds is 8. The number of aromatic nitrogens is 2. The van der Waals surface area contributed by atoms with Crippen LogP contribution in [0, 0.1) is 0 Å². The number of hydrogen-bond donors (Lipinski definition) is 0. The van der Waals surface area contributed by atoms with E-state index >= 15 is 0 Å². The fourth-order valence-corrected chi connectivity index (χ4v) is 2.96. The highest BCUT2D eigenvalue weighted by molar-refractivity contribution is 9.10. The molecule has 0 bridgehead atoms. The van der Waals surface area contributed by atoms with Crippen molar-refractivity contribution in [1.29, 1.82) is 0 Å². The Kier molecular flexibility index (Phi) is 6.13. The third kappa shape index (κ3) is 4.68. The summed E-state index contributed by atoms with van der Waals surface area (Å²) in [5.41, 5.74) is 0.517. The lowest BCUT2D eigenvalue weighted by molar-refractivity contribution is 0.103. The van der Waals surface area contributed by atoms with E-state index in [2.05, 4.69) is 21.0 Å². The second-order valence-electron chi connectivity index (χ2n) is 5.62. The Morgan fingerprint density at radius 2 is 1.96 bits per heavy atom. The van der Waals surface area contributed by atoms with Crippen LogP contribution in [0.4, 0.5) is 0 Å². The summed E-state index contributed by atoms with van der Waals surface area (Å²) in [6.45, 7) is 2.85. The molecule has 3 rings (SSSR count). The van der Waals surface area contributed by atoms with Crippen molar-refractivity contribution in [2.75, 3.05) is 7.11 Å². The van der Waals surface area contributed by atoms with E-state index in [1.807, 2.05) is 37.3 Å². The van der Waals surface area contributed by atoms with Crippen LogP contribution < -0.4 is 9.47 Å². The molecule has 0 aliphatic rings. The summed E-state index contributed by atoms with van der Waals surface area (Å²) in [5.74, 6) is 2.59. The van der Waals surface area contributed by atoms with E-state index in [9.17, 15) is 4.79 Å². The number of methoxy groups -OCH3 is 1. The van der Waals surface area contributed by atoms with Gasteiger partial charge < -0.3 is 13.9 Å². The first-order valence-electron chi connectivity index (χ1n) is 8.40. The van der Waals surface area contributed by atoms with E-state index in [0.29, 0.717) is 34.8 Å². The normalized spacial score (nSPS) is 11.1. The van der Waals surface area contributed by atoms with Gasteiger partial charge in [-0.05, 0) is 71.4 Å². The minimum absolute atomic E-state index is 0.145. The van der Waals surface area contributed by atoms with Crippen LogP contribution in [0.5, 0.6) is 11.5 Å². The molecule has 7 heteroatoms. The molecular weight excluding hydrogens is 412 g/mol. The van der Waals surface area contributed by atoms with Gasteiger partial charge in [-0.1, -0.05) is 0 Å². The first-order valence-corrected chi connectivity index (χ1v) is 9.19. The van der Waals surface area contributed by atoms with Gasteiger partial charge in [-0.2, -0.15) is 5.10 Å². The molecule has 0 N–H and O–H groups in total. The van der Waals surface area contributed by atoms with Crippen LogP contribution in [-0.2, 0) is 13.2 Å². The van der Waals surface area contributed by atoms with Gasteiger partial charge >= 0.3 is 0 Å². The molecule has 27 heavy (non-hydrogen) atoms. The van der Waals surface area contributed by atoms with Crippen molar-refractivity contribution >= 4 is 27.8 Å². The summed E-state index contributed by atoms with van der Waals surface area (Å²) >= 11 is 3.35. The van der Waals surface area contributed by atoms with Crippen LogP contribution in [-0.4, -0.2) is 22.7 Å². The molecule has 2 heterocycles. The molecule has 1 aromatic carbocycles. The number of hydrogen-bond acceptors (Lipinski definition) is 5. The number of allylic oxidation sites excluding steroid dienone is 1. The summed E-state index contributed by atoms with van der Waals surface area (Å²) in [7, 11) is 1.62. The molecule has 0 atom stereocenters. The van der Waals surface area contributed by atoms with Crippen molar-refractivity contribution in [3.8, 4) is 11.5 Å². The van der Waals surface area contributed by atoms with Crippen LogP contribution in [0.3, 0.4) is 0 Å². The minimum atomic E-state index is -0.145. The summed E-state index contributed by atoms with van der Waals surface area (Å²) in [6.07, 6.45) is 4.73. The number of ketones is 1. The van der Waals surface area contributed by atoms with E-state index in [4.69, 9.17) is 13.9 Å². The quantitative estimate of drug-likeness (QED) is 0.381. The van der Waals surface area contributed by atoms with Gasteiger partial charge in [0.05, 0.1) is 17.8 Å². The highest BCUT2D eigenvalue weighted by Crippen LogP contribution is 2.20. The number of ether oxygens (including phenoxy) is 2. The fourth-order valence-electron chi connectivity index (χ4n) is 2.47. The Morgan fingerprint density at radius 1 is 1.22 bits per heavy atom. The van der Waals surface area contributed by atoms with Gasteiger partial charge in [-0.15, -0.1) is 0 Å². The molecule has 0 unspecified atom stereocenters. The number of benzene rings is 1. The van der Waals surface area contributed by atoms with Crippen molar-refractivity contribution in [2.24, 2.45) is 0 Å². The van der Waals surface area contributed by atoms with Crippen molar-refractivity contribution in [1.82, 2.24) is 9.78 Å². The highest BCUT2D eigenvalue weighted by Gasteiger charge is 2.14. The summed E-state index contributed by atoms with van der Waals surface area (Å²) in [4.78, 5) is 12.4. The molecule has 0 fully saturated rings. The molecule has 0 saturated heterocycles. The Labute approximate surface area is 165 Å². The third-order valence-corrected chi connectivity index (χ3v) is 4.43. The standard InChI is InChI=1S/C20H19BrN2O4/c1-3-23-20(18(21)12-22-23)19(24)11-10-16-8-9-17(27-16)13-26-15-6-4-14(25-2)5-7-15/h4-12H,3,13H2,1-2H3/b11-10+. The zero-order chi connectivity index (χ0) is 19.2. The fraction of sp³-hybridized carbons (Fsp3) is 0.200. The second-order valence-corrected chi connectivity index (χ2v) is 6.48. The van der Waals surface area contributed by atoms with E-state index in [-0.39, 0.29) is 5.78 Å². The maximum Gasteiger partial charge on any atom is 0.205 e. The first kappa shape index (κ1) is 19.0. The van der Waals surface area contributed by atoms with Crippen LogP contribution in [0.25, 0.3) is 6.08 Å². The predicted molar refractivity (Wildman–Crippen MR) is 105 cm³/mol. The second kappa shape index (κ2) is 8.73. The molecule has 140 valence electrons. The molecule has 2 aromatic heterocycles. The molecule has 3 aromatic rings. The number of nitrogens with zero attached hydrogens (tertiary/aromatic N) is 2. The number of aryl methyl sites for hydroxylation is 1. The first-order chi connectivity index (χ1) is 13.1. The van der Waals surface area contributed by atoms with Gasteiger partial charge in [0.1, 0.15) is 35.3 Å². The van der Waals surface area contributed by atoms with Crippen molar-refractivity contribution in [3.05, 3.63) is 70.4 Å². The molecule has 0 aliphatic heterocycles. The van der Waals surface area contributed by atoms with Crippen molar-refractivity contribution in [3.63, 3.8) is 0 Å². The number of furan rings is 1. The van der Waals surface area contributed by atoms with Crippen molar-refractivity contribution in [2.45, 2.75) is 20.1 Å². The maximum atomic E-state index is 12.4. The van der Waals surface area contributed by atoms with Gasteiger partial charge in [0, 0.05) is 6.54 Å². The molecule has 0 radical (unpaired) electrons. The SMILES string of the molecule is CCn1ncc(Br)c1C(=O)/C=C/c1ccc(COc2ccc(OC)cc2)o1. The summed E-state index contributed by atoms with van der Waals surface area (Å²) < 4.78 is 18.8. The average molecular weight is 431 g/mol. The minimum Gasteiger partial charge on any atom is -0.497 e. The molecule has 0 spiro atoms. The van der Waals surface area contributed by atoms with Gasteiger partial charge in [0.25, 0.3) is 0 Å². The molecular formula is C20H19BrN2O4. The molecule has 6 nitrogen and oxygen atoms in total. The van der Waals surface area contributed by atoms with Crippen LogP contribution in [0.1, 0.15) is 28.9 Å². The molecule has 0 saturated carbocycles. The average Bonchev–Trinajstić information content (AvgIpc) is 3.31. The number of carbonyl (C=O) groups excluding carboxylic acids is 1. The molecule has 0 aliphatic carbocycles. The largest absolute Gasteiger partial charge is 0.497 e. The zero-order valence-corrected chi connectivity index (χ0v) is 16.6. The summed E-state index contributed by atoms with van der Waals surface area (Å²) in [5, 5.41) is 4.15. The maximum absolute atomic E-state index is 12.4. The smallest absolute Gasteiger partial charge is 0.205 e. The number of halogens is 1. The lowest BCUT2D eigenvalue weighted by Gasteiger charge is -2.05. The third-order valence-electron chi connectivity index (χ3n) is 3.85.